The minimum absolute atomic E-state index is 0.848. The fourth-order valence-corrected chi connectivity index (χ4v) is 1.58. The van der Waals surface area contributed by atoms with Crippen LogP contribution in [0.25, 0.3) is 0 Å². The summed E-state index contributed by atoms with van der Waals surface area (Å²) >= 11 is 5.21. The van der Waals surface area contributed by atoms with Gasteiger partial charge in [0.25, 0.3) is 0 Å². The molecule has 0 fully saturated rings. The molecule has 0 saturated heterocycles. The lowest BCUT2D eigenvalue weighted by Gasteiger charge is -2.05. The highest BCUT2D eigenvalue weighted by Crippen LogP contribution is 2.03. The van der Waals surface area contributed by atoms with E-state index >= 15 is 0 Å². The summed E-state index contributed by atoms with van der Waals surface area (Å²) in [6.07, 6.45) is 2.01. The zero-order chi connectivity index (χ0) is 9.80. The monoisotopic (exact) mass is 201 g/mol. The Balaban J connectivity index is 2.28. The second-order valence-corrected chi connectivity index (χ2v) is 3.57. The molecule has 0 atom stereocenters. The summed E-state index contributed by atoms with van der Waals surface area (Å²) in [5.74, 6) is 0. The Kier molecular flexibility index (Phi) is 2.75. The van der Waals surface area contributed by atoms with Gasteiger partial charge in [0.1, 0.15) is 4.64 Å². The van der Waals surface area contributed by atoms with E-state index in [1.165, 1.54) is 5.56 Å². The van der Waals surface area contributed by atoms with Crippen molar-refractivity contribution in [2.45, 2.75) is 6.54 Å². The van der Waals surface area contributed by atoms with Gasteiger partial charge in [-0.05, 0) is 17.7 Å². The molecular formula is C12H11NS. The number of nitrogens with zero attached hydrogens (tertiary/aromatic N) is 1. The fourth-order valence-electron chi connectivity index (χ4n) is 1.37. The summed E-state index contributed by atoms with van der Waals surface area (Å²) in [5.41, 5.74) is 1.27. The van der Waals surface area contributed by atoms with Crippen LogP contribution in [-0.2, 0) is 6.54 Å². The highest BCUT2D eigenvalue weighted by Gasteiger charge is 1.92. The summed E-state index contributed by atoms with van der Waals surface area (Å²) in [4.78, 5) is 0. The first-order chi connectivity index (χ1) is 6.86. The third kappa shape index (κ3) is 2.09. The van der Waals surface area contributed by atoms with Crippen molar-refractivity contribution < 1.29 is 0 Å². The van der Waals surface area contributed by atoms with E-state index in [1.54, 1.807) is 0 Å². The van der Waals surface area contributed by atoms with E-state index in [1.807, 2.05) is 42.6 Å². The van der Waals surface area contributed by atoms with Crippen LogP contribution in [0.1, 0.15) is 5.56 Å². The molecule has 0 N–H and O–H groups in total. The number of hydrogen-bond donors (Lipinski definition) is 0. The first kappa shape index (κ1) is 9.16. The first-order valence-electron chi connectivity index (χ1n) is 4.56. The van der Waals surface area contributed by atoms with Crippen LogP contribution >= 0.6 is 12.2 Å². The van der Waals surface area contributed by atoms with Crippen LogP contribution < -0.4 is 0 Å². The van der Waals surface area contributed by atoms with E-state index in [4.69, 9.17) is 12.2 Å². The Morgan fingerprint density at radius 2 is 1.64 bits per heavy atom. The van der Waals surface area contributed by atoms with Gasteiger partial charge in [0.05, 0.1) is 0 Å². The molecule has 2 aromatic rings. The summed E-state index contributed by atoms with van der Waals surface area (Å²) in [5, 5.41) is 0. The van der Waals surface area contributed by atoms with Crippen LogP contribution in [-0.4, -0.2) is 4.57 Å². The van der Waals surface area contributed by atoms with Crippen LogP contribution in [0.15, 0.2) is 54.7 Å². The number of rotatable bonds is 2. The third-order valence-electron chi connectivity index (χ3n) is 2.09. The van der Waals surface area contributed by atoms with Gasteiger partial charge in [-0.1, -0.05) is 48.6 Å². The van der Waals surface area contributed by atoms with Gasteiger partial charge in [-0.25, -0.2) is 0 Å². The maximum Gasteiger partial charge on any atom is 0.106 e. The average molecular weight is 201 g/mol. The zero-order valence-corrected chi connectivity index (χ0v) is 8.58. The molecule has 0 aliphatic rings. The van der Waals surface area contributed by atoms with E-state index in [-0.39, 0.29) is 0 Å². The van der Waals surface area contributed by atoms with Crippen LogP contribution in [0.3, 0.4) is 0 Å². The topological polar surface area (TPSA) is 4.93 Å². The molecule has 2 rings (SSSR count). The molecule has 2 heteroatoms. The van der Waals surface area contributed by atoms with Gasteiger partial charge in [-0.2, -0.15) is 0 Å². The van der Waals surface area contributed by atoms with Crippen molar-refractivity contribution in [3.05, 3.63) is 64.9 Å². The summed E-state index contributed by atoms with van der Waals surface area (Å²) in [7, 11) is 0. The minimum Gasteiger partial charge on any atom is -0.335 e. The smallest absolute Gasteiger partial charge is 0.106 e. The predicted molar refractivity (Wildman–Crippen MR) is 60.8 cm³/mol. The van der Waals surface area contributed by atoms with Gasteiger partial charge in [-0.3, -0.25) is 0 Å². The quantitative estimate of drug-likeness (QED) is 0.675. The Labute approximate surface area is 88.6 Å². The van der Waals surface area contributed by atoms with Crippen LogP contribution in [0.4, 0.5) is 0 Å². The van der Waals surface area contributed by atoms with Gasteiger partial charge < -0.3 is 4.57 Å². The maximum absolute atomic E-state index is 5.21. The van der Waals surface area contributed by atoms with E-state index < -0.39 is 0 Å². The molecule has 70 valence electrons. The summed E-state index contributed by atoms with van der Waals surface area (Å²) < 4.78 is 2.93. The second kappa shape index (κ2) is 4.20. The van der Waals surface area contributed by atoms with Gasteiger partial charge in [-0.15, -0.1) is 0 Å². The van der Waals surface area contributed by atoms with Gasteiger partial charge in [0.2, 0.25) is 0 Å². The SMILES string of the molecule is S=c1ccccn1Cc1ccccc1. The molecule has 0 spiro atoms. The van der Waals surface area contributed by atoms with E-state index in [0.717, 1.165) is 11.2 Å². The molecule has 0 saturated carbocycles. The average Bonchev–Trinajstić information content (AvgIpc) is 2.23. The van der Waals surface area contributed by atoms with Crippen molar-refractivity contribution in [1.82, 2.24) is 4.57 Å². The highest BCUT2D eigenvalue weighted by atomic mass is 32.1. The first-order valence-corrected chi connectivity index (χ1v) is 4.96. The van der Waals surface area contributed by atoms with Gasteiger partial charge in [0.15, 0.2) is 0 Å². The van der Waals surface area contributed by atoms with Crippen molar-refractivity contribution in [1.29, 1.82) is 0 Å². The lowest BCUT2D eigenvalue weighted by atomic mass is 10.2. The van der Waals surface area contributed by atoms with Crippen molar-refractivity contribution in [3.8, 4) is 0 Å². The maximum atomic E-state index is 5.21. The van der Waals surface area contributed by atoms with Gasteiger partial charge in [0, 0.05) is 12.7 Å². The Bertz CT molecular complexity index is 459. The highest BCUT2D eigenvalue weighted by molar-refractivity contribution is 7.71. The molecule has 0 bridgehead atoms. The molecule has 1 aromatic carbocycles. The zero-order valence-electron chi connectivity index (χ0n) is 7.76. The molecule has 14 heavy (non-hydrogen) atoms. The van der Waals surface area contributed by atoms with E-state index in [0.29, 0.717) is 0 Å². The Hall–Kier alpha value is -1.41. The van der Waals surface area contributed by atoms with Crippen molar-refractivity contribution in [2.24, 2.45) is 0 Å². The minimum atomic E-state index is 0.848. The second-order valence-electron chi connectivity index (χ2n) is 3.15. The van der Waals surface area contributed by atoms with Crippen molar-refractivity contribution in [3.63, 3.8) is 0 Å². The molecule has 0 radical (unpaired) electrons. The number of hydrogen-bond acceptors (Lipinski definition) is 1. The molecule has 1 aromatic heterocycles. The normalized spacial score (nSPS) is 10.0. The predicted octanol–water partition coefficient (Wildman–Crippen LogP) is 3.27. The molecule has 1 heterocycles. The Morgan fingerprint density at radius 3 is 2.36 bits per heavy atom. The van der Waals surface area contributed by atoms with Crippen LogP contribution in [0.2, 0.25) is 0 Å². The van der Waals surface area contributed by atoms with Crippen molar-refractivity contribution in [2.75, 3.05) is 0 Å². The third-order valence-corrected chi connectivity index (χ3v) is 2.47. The van der Waals surface area contributed by atoms with E-state index in [9.17, 15) is 0 Å². The fraction of sp³-hybridized carbons (Fsp3) is 0.0833. The van der Waals surface area contributed by atoms with Crippen LogP contribution in [0.5, 0.6) is 0 Å². The van der Waals surface area contributed by atoms with Crippen LogP contribution in [0, 0.1) is 4.64 Å². The van der Waals surface area contributed by atoms with Crippen molar-refractivity contribution >= 4 is 12.2 Å². The molecular weight excluding hydrogens is 190 g/mol. The summed E-state index contributed by atoms with van der Waals surface area (Å²) in [6.45, 7) is 0.848. The van der Waals surface area contributed by atoms with E-state index in [2.05, 4.69) is 16.7 Å². The van der Waals surface area contributed by atoms with Gasteiger partial charge >= 0.3 is 0 Å². The molecule has 1 nitrogen and oxygen atoms in total. The lowest BCUT2D eigenvalue weighted by molar-refractivity contribution is 0.779. The molecule has 0 unspecified atom stereocenters. The molecule has 0 aliphatic carbocycles. The summed E-state index contributed by atoms with van der Waals surface area (Å²) in [6, 6.07) is 16.2. The standard InChI is InChI=1S/C12H11NS/c14-12-8-4-5-9-13(12)10-11-6-2-1-3-7-11/h1-9H,10H2. The molecule has 0 aliphatic heterocycles. The number of benzene rings is 1. The number of aromatic nitrogens is 1. The Morgan fingerprint density at radius 1 is 0.929 bits per heavy atom. The lowest BCUT2D eigenvalue weighted by Crippen LogP contribution is -2.00. The number of pyridine rings is 1. The largest absolute Gasteiger partial charge is 0.335 e. The molecule has 0 amide bonds.